The van der Waals surface area contributed by atoms with Crippen molar-refractivity contribution >= 4 is 6.29 Å². The fourth-order valence-electron chi connectivity index (χ4n) is 2.85. The third-order valence-corrected chi connectivity index (χ3v) is 4.10. The molecule has 2 aliphatic heterocycles. The largest absolute Gasteiger partial charge is 1.00 e. The molecule has 32 heavy (non-hydrogen) atoms. The van der Waals surface area contributed by atoms with Crippen molar-refractivity contribution in [2.24, 2.45) is 0 Å². The van der Waals surface area contributed by atoms with Crippen LogP contribution in [0.15, 0.2) is 0 Å². The second-order valence-corrected chi connectivity index (χ2v) is 5.71. The molecule has 11 heteroatoms. The van der Waals surface area contributed by atoms with Crippen molar-refractivity contribution in [1.29, 1.82) is 0 Å². The van der Waals surface area contributed by atoms with Crippen LogP contribution < -0.4 is 29.6 Å². The number of hydrogen-bond acceptors (Lipinski definition) is 10. The predicted octanol–water partition coefficient (Wildman–Crippen LogP) is -1.46. The van der Waals surface area contributed by atoms with Gasteiger partial charge in [-0.15, -0.1) is 0 Å². The number of methoxy groups -OCH3 is 3. The van der Waals surface area contributed by atoms with Crippen molar-refractivity contribution in [2.45, 2.75) is 92.6 Å². The average molecular weight is 485 g/mol. The molecule has 2 fully saturated rings. The van der Waals surface area contributed by atoms with Gasteiger partial charge in [-0.1, -0.05) is 29.7 Å². The molecule has 10 nitrogen and oxygen atoms in total. The normalized spacial score (nSPS) is 30.3. The SMILES string of the molecule is C.C.C.C.CO.CO[C@@H]1OC[C@@H](O[C@@H]2OC(CO)[C@@H](OC)C[C@@H]2OC)C[C@@H]1O.C[C-]=O.[Na+]. The molecule has 2 heterocycles. The van der Waals surface area contributed by atoms with Crippen molar-refractivity contribution in [3.05, 3.63) is 0 Å². The van der Waals surface area contributed by atoms with Crippen LogP contribution >= 0.6 is 0 Å². The molecular weight excluding hydrogens is 435 g/mol. The first-order chi connectivity index (χ1) is 13.0. The molecular formula is C21H49NaO10. The summed E-state index contributed by atoms with van der Waals surface area (Å²) in [6, 6.07) is 0. The van der Waals surface area contributed by atoms with Gasteiger partial charge in [0.15, 0.2) is 12.6 Å². The van der Waals surface area contributed by atoms with Crippen LogP contribution in [0.2, 0.25) is 0 Å². The number of ether oxygens (including phenoxy) is 6. The van der Waals surface area contributed by atoms with Gasteiger partial charge in [0.05, 0.1) is 25.4 Å². The van der Waals surface area contributed by atoms with Crippen molar-refractivity contribution < 1.29 is 78.1 Å². The summed E-state index contributed by atoms with van der Waals surface area (Å²) < 4.78 is 32.7. The van der Waals surface area contributed by atoms with E-state index in [0.717, 1.165) is 7.11 Å². The number of aliphatic hydroxyl groups excluding tert-OH is 3. The third kappa shape index (κ3) is 15.3. The Morgan fingerprint density at radius 1 is 0.938 bits per heavy atom. The minimum atomic E-state index is -0.756. The maximum absolute atomic E-state index is 9.91. The summed E-state index contributed by atoms with van der Waals surface area (Å²) in [7, 11) is 5.63. The number of carbonyl (C=O) groups excluding carboxylic acids is 1. The summed E-state index contributed by atoms with van der Waals surface area (Å²) in [5.41, 5.74) is 0. The smallest absolute Gasteiger partial charge is 0.542 e. The van der Waals surface area contributed by atoms with Crippen molar-refractivity contribution in [3.8, 4) is 0 Å². The van der Waals surface area contributed by atoms with Crippen LogP contribution in [0.1, 0.15) is 49.5 Å². The second-order valence-electron chi connectivity index (χ2n) is 5.71. The van der Waals surface area contributed by atoms with Crippen LogP contribution in [0.3, 0.4) is 0 Å². The third-order valence-electron chi connectivity index (χ3n) is 4.10. The molecule has 0 aromatic carbocycles. The van der Waals surface area contributed by atoms with Gasteiger partial charge in [0, 0.05) is 41.3 Å². The molecule has 3 N–H and O–H groups in total. The van der Waals surface area contributed by atoms with Crippen LogP contribution in [0.4, 0.5) is 0 Å². The van der Waals surface area contributed by atoms with Crippen molar-refractivity contribution in [2.75, 3.05) is 41.7 Å². The molecule has 2 aliphatic rings. The van der Waals surface area contributed by atoms with Crippen LogP contribution in [0.5, 0.6) is 0 Å². The molecule has 194 valence electrons. The standard InChI is InChI=1S/C14H26O8.C2H3O.CH4O.4CH4.Na/c1-17-10-5-11(18-2)14(22-12(10)6-15)21-8-4-9(16)13(19-3)20-7-8;1-2-3;1-2;;;;;/h8-16H,4-7H2,1-3H3;1H3;2H,1H3;4*1H4;/q;-1;;;;;;+1/t8-,9-,10-,11-,12?,13+,14+;;;;;;;/m0......./s1. The number of hydrogen-bond donors (Lipinski definition) is 3. The molecule has 0 spiro atoms. The Morgan fingerprint density at radius 3 is 1.81 bits per heavy atom. The Labute approximate surface area is 218 Å². The van der Waals surface area contributed by atoms with E-state index in [2.05, 4.69) is 0 Å². The van der Waals surface area contributed by atoms with E-state index in [0.29, 0.717) is 19.4 Å². The van der Waals surface area contributed by atoms with Crippen LogP contribution in [0, 0.1) is 0 Å². The maximum atomic E-state index is 9.91. The Bertz CT molecular complexity index is 378. The molecule has 2 saturated heterocycles. The Hall–Kier alpha value is 0.310. The molecule has 0 bridgehead atoms. The molecule has 0 radical (unpaired) electrons. The molecule has 1 unspecified atom stereocenters. The summed E-state index contributed by atoms with van der Waals surface area (Å²) in [5.74, 6) is 0. The predicted molar refractivity (Wildman–Crippen MR) is 121 cm³/mol. The number of rotatable bonds is 6. The van der Waals surface area contributed by atoms with E-state index in [4.69, 9.17) is 38.3 Å². The van der Waals surface area contributed by atoms with Crippen molar-refractivity contribution in [1.82, 2.24) is 0 Å². The summed E-state index contributed by atoms with van der Waals surface area (Å²) >= 11 is 0. The van der Waals surface area contributed by atoms with Crippen LogP contribution in [-0.4, -0.2) is 106 Å². The number of aliphatic hydroxyl groups is 3. The molecule has 0 amide bonds. The molecule has 7 atom stereocenters. The zero-order valence-corrected chi connectivity index (χ0v) is 19.6. The quantitative estimate of drug-likeness (QED) is 0.303. The van der Waals surface area contributed by atoms with E-state index in [-0.39, 0.29) is 84.2 Å². The first-order valence-corrected chi connectivity index (χ1v) is 8.57. The van der Waals surface area contributed by atoms with Crippen molar-refractivity contribution in [3.63, 3.8) is 0 Å². The first-order valence-electron chi connectivity index (χ1n) is 8.57. The minimum absolute atomic E-state index is 0. The molecule has 0 aromatic rings. The van der Waals surface area contributed by atoms with Gasteiger partial charge < -0.3 is 48.5 Å². The summed E-state index contributed by atoms with van der Waals surface area (Å²) in [5, 5.41) is 26.3. The van der Waals surface area contributed by atoms with E-state index >= 15 is 0 Å². The van der Waals surface area contributed by atoms with Crippen LogP contribution in [-0.2, 0) is 33.2 Å². The van der Waals surface area contributed by atoms with Gasteiger partial charge in [-0.25, -0.2) is 0 Å². The molecule has 0 saturated carbocycles. The van der Waals surface area contributed by atoms with Crippen LogP contribution in [0.25, 0.3) is 0 Å². The Morgan fingerprint density at radius 2 is 1.44 bits per heavy atom. The van der Waals surface area contributed by atoms with E-state index in [1.807, 2.05) is 0 Å². The zero-order chi connectivity index (χ0) is 20.8. The summed E-state index contributed by atoms with van der Waals surface area (Å²) in [4.78, 5) is 8.68. The summed E-state index contributed by atoms with van der Waals surface area (Å²) in [6.07, 6.45) is -0.960. The van der Waals surface area contributed by atoms with Gasteiger partial charge in [0.1, 0.15) is 18.3 Å². The fraction of sp³-hybridized carbons (Fsp3) is 0.952. The first kappa shape index (κ1) is 45.8. The van der Waals surface area contributed by atoms with Gasteiger partial charge in [-0.3, -0.25) is 6.29 Å². The fourth-order valence-corrected chi connectivity index (χ4v) is 2.85. The van der Waals surface area contributed by atoms with E-state index in [1.54, 1.807) is 14.2 Å². The van der Waals surface area contributed by atoms with Gasteiger partial charge in [-0.05, 0) is 0 Å². The summed E-state index contributed by atoms with van der Waals surface area (Å²) in [6.45, 7) is 1.45. The van der Waals surface area contributed by atoms with Gasteiger partial charge in [0.25, 0.3) is 0 Å². The van der Waals surface area contributed by atoms with Gasteiger partial charge in [-0.2, -0.15) is 6.92 Å². The van der Waals surface area contributed by atoms with E-state index < -0.39 is 24.8 Å². The molecule has 0 aromatic heterocycles. The van der Waals surface area contributed by atoms with E-state index in [1.165, 1.54) is 20.3 Å². The average Bonchev–Trinajstić information content (AvgIpc) is 2.70. The maximum Gasteiger partial charge on any atom is 1.00 e. The molecule has 0 aliphatic carbocycles. The van der Waals surface area contributed by atoms with Gasteiger partial charge in [0.2, 0.25) is 0 Å². The van der Waals surface area contributed by atoms with E-state index in [9.17, 15) is 10.2 Å². The monoisotopic (exact) mass is 484 g/mol. The Kier molecular flexibility index (Phi) is 39.4. The van der Waals surface area contributed by atoms with Gasteiger partial charge >= 0.3 is 29.6 Å². The molecule has 2 rings (SSSR count). The zero-order valence-electron chi connectivity index (χ0n) is 17.6. The topological polar surface area (TPSA) is 133 Å². The second kappa shape index (κ2) is 27.6. The Balaban J connectivity index is -0.000000156. The minimum Gasteiger partial charge on any atom is -0.542 e.